The third-order valence-corrected chi connectivity index (χ3v) is 6.26. The second-order valence-electron chi connectivity index (χ2n) is 9.64. The first-order valence-corrected chi connectivity index (χ1v) is 11.3. The molecule has 1 aromatic carbocycles. The first kappa shape index (κ1) is 23.7. The lowest BCUT2D eigenvalue weighted by Gasteiger charge is -2.32. The minimum Gasteiger partial charge on any atom is -0.493 e. The van der Waals surface area contributed by atoms with Crippen molar-refractivity contribution in [3.05, 3.63) is 59.9 Å². The summed E-state index contributed by atoms with van der Waals surface area (Å²) in [6, 6.07) is 14.2. The fourth-order valence-electron chi connectivity index (χ4n) is 4.30. The van der Waals surface area contributed by atoms with E-state index >= 15 is 0 Å². The van der Waals surface area contributed by atoms with Gasteiger partial charge in [-0.25, -0.2) is 0 Å². The monoisotopic (exact) mass is 435 g/mol. The number of carbonyl (C=O) groups excluding carboxylic acids is 1. The summed E-state index contributed by atoms with van der Waals surface area (Å²) in [6.45, 7) is 6.28. The van der Waals surface area contributed by atoms with E-state index in [2.05, 4.69) is 23.3 Å². The summed E-state index contributed by atoms with van der Waals surface area (Å²) in [5, 5.41) is 22.9. The molecule has 0 spiro atoms. The van der Waals surface area contributed by atoms with Gasteiger partial charge >= 0.3 is 0 Å². The number of aromatic nitrogens is 1. The van der Waals surface area contributed by atoms with Gasteiger partial charge in [-0.05, 0) is 56.5 Å². The van der Waals surface area contributed by atoms with Crippen molar-refractivity contribution in [2.75, 3.05) is 6.61 Å². The summed E-state index contributed by atoms with van der Waals surface area (Å²) < 4.78 is 6.03. The summed E-state index contributed by atoms with van der Waals surface area (Å²) in [5.74, 6) is -0.272. The highest BCUT2D eigenvalue weighted by Gasteiger charge is 2.33. The SMILES string of the molecule is CC1(COc2ccc(C(NC(=O)C(CC#N)c3ccccn3)C(C)(C)O)cc2)CCCC1. The Labute approximate surface area is 190 Å². The topological polar surface area (TPSA) is 95.2 Å². The van der Waals surface area contributed by atoms with Gasteiger partial charge in [0, 0.05) is 11.6 Å². The molecule has 1 aliphatic rings. The van der Waals surface area contributed by atoms with Crippen LogP contribution in [0.1, 0.15) is 76.1 Å². The number of hydrogen-bond donors (Lipinski definition) is 2. The Kier molecular flexibility index (Phi) is 7.52. The van der Waals surface area contributed by atoms with Crippen LogP contribution in [0.2, 0.25) is 0 Å². The average Bonchev–Trinajstić information content (AvgIpc) is 3.21. The number of pyridine rings is 1. The van der Waals surface area contributed by atoms with Crippen LogP contribution in [0, 0.1) is 16.7 Å². The molecule has 1 fully saturated rings. The molecular formula is C26H33N3O3. The third kappa shape index (κ3) is 6.08. The van der Waals surface area contributed by atoms with Crippen molar-refractivity contribution in [1.82, 2.24) is 10.3 Å². The van der Waals surface area contributed by atoms with Crippen molar-refractivity contribution in [1.29, 1.82) is 5.26 Å². The fraction of sp³-hybridized carbons (Fsp3) is 0.500. The van der Waals surface area contributed by atoms with Crippen molar-refractivity contribution in [3.63, 3.8) is 0 Å². The first-order valence-electron chi connectivity index (χ1n) is 11.3. The van der Waals surface area contributed by atoms with Crippen molar-refractivity contribution >= 4 is 5.91 Å². The molecule has 2 aromatic rings. The van der Waals surface area contributed by atoms with E-state index in [9.17, 15) is 15.2 Å². The van der Waals surface area contributed by atoms with E-state index in [-0.39, 0.29) is 17.7 Å². The van der Waals surface area contributed by atoms with Gasteiger partial charge in [0.05, 0.1) is 42.4 Å². The first-order chi connectivity index (χ1) is 15.2. The second-order valence-corrected chi connectivity index (χ2v) is 9.64. The minimum atomic E-state index is -1.21. The summed E-state index contributed by atoms with van der Waals surface area (Å²) >= 11 is 0. The standard InChI is InChI=1S/C26H33N3O3/c1-25(2,31)23(29-24(30)21(13-16-27)22-8-4-7-17-28-22)19-9-11-20(12-10-19)32-18-26(3)14-5-6-15-26/h4,7-12,17,21,23,31H,5-6,13-15,18H2,1-3H3,(H,29,30). The molecule has 1 amide bonds. The number of nitrogens with zero attached hydrogens (tertiary/aromatic N) is 2. The van der Waals surface area contributed by atoms with Crippen molar-refractivity contribution in [2.45, 2.75) is 70.4 Å². The zero-order chi connectivity index (χ0) is 23.2. The number of amides is 1. The molecule has 1 aliphatic carbocycles. The van der Waals surface area contributed by atoms with Crippen LogP contribution in [0.3, 0.4) is 0 Å². The molecule has 3 rings (SSSR count). The number of carbonyl (C=O) groups is 1. The van der Waals surface area contributed by atoms with Crippen LogP contribution in [-0.2, 0) is 4.79 Å². The molecule has 1 saturated carbocycles. The Morgan fingerprint density at radius 1 is 1.25 bits per heavy atom. The van der Waals surface area contributed by atoms with Crippen LogP contribution in [0.25, 0.3) is 0 Å². The molecular weight excluding hydrogens is 402 g/mol. The Morgan fingerprint density at radius 2 is 1.94 bits per heavy atom. The Balaban J connectivity index is 1.73. The lowest BCUT2D eigenvalue weighted by atomic mass is 9.90. The Morgan fingerprint density at radius 3 is 2.50 bits per heavy atom. The van der Waals surface area contributed by atoms with Gasteiger partial charge in [-0.3, -0.25) is 9.78 Å². The molecule has 2 atom stereocenters. The van der Waals surface area contributed by atoms with Gasteiger partial charge in [0.15, 0.2) is 0 Å². The van der Waals surface area contributed by atoms with Crippen LogP contribution in [0.5, 0.6) is 5.75 Å². The Bertz CT molecular complexity index is 924. The molecule has 0 aliphatic heterocycles. The number of aliphatic hydroxyl groups is 1. The van der Waals surface area contributed by atoms with Crippen LogP contribution in [0.4, 0.5) is 0 Å². The van der Waals surface area contributed by atoms with Gasteiger partial charge < -0.3 is 15.2 Å². The largest absolute Gasteiger partial charge is 0.493 e. The zero-order valence-electron chi connectivity index (χ0n) is 19.2. The number of nitriles is 1. The van der Waals surface area contributed by atoms with E-state index in [0.717, 1.165) is 11.3 Å². The van der Waals surface area contributed by atoms with Crippen molar-refractivity contribution < 1.29 is 14.6 Å². The average molecular weight is 436 g/mol. The predicted molar refractivity (Wildman–Crippen MR) is 123 cm³/mol. The maximum atomic E-state index is 13.1. The molecule has 6 heteroatoms. The van der Waals surface area contributed by atoms with E-state index in [1.165, 1.54) is 25.7 Å². The van der Waals surface area contributed by atoms with Crippen LogP contribution in [0.15, 0.2) is 48.7 Å². The summed E-state index contributed by atoms with van der Waals surface area (Å²) in [7, 11) is 0. The number of ether oxygens (including phenoxy) is 1. The van der Waals surface area contributed by atoms with Crippen LogP contribution >= 0.6 is 0 Å². The molecule has 2 unspecified atom stereocenters. The van der Waals surface area contributed by atoms with Crippen LogP contribution in [-0.4, -0.2) is 28.2 Å². The normalized spacial score (nSPS) is 17.2. The van der Waals surface area contributed by atoms with Gasteiger partial charge in [0.2, 0.25) is 5.91 Å². The lowest BCUT2D eigenvalue weighted by Crippen LogP contribution is -2.44. The van der Waals surface area contributed by atoms with E-state index < -0.39 is 17.6 Å². The Hall–Kier alpha value is -2.91. The van der Waals surface area contributed by atoms with Gasteiger partial charge in [-0.2, -0.15) is 5.26 Å². The predicted octanol–water partition coefficient (Wildman–Crippen LogP) is 4.67. The quantitative estimate of drug-likeness (QED) is 0.597. The lowest BCUT2D eigenvalue weighted by molar-refractivity contribution is -0.125. The zero-order valence-corrected chi connectivity index (χ0v) is 19.2. The number of benzene rings is 1. The van der Waals surface area contributed by atoms with E-state index in [1.54, 1.807) is 38.2 Å². The van der Waals surface area contributed by atoms with E-state index in [1.807, 2.05) is 24.3 Å². The highest BCUT2D eigenvalue weighted by molar-refractivity contribution is 5.84. The van der Waals surface area contributed by atoms with E-state index in [0.29, 0.717) is 12.3 Å². The van der Waals surface area contributed by atoms with Gasteiger partial charge in [-0.1, -0.05) is 38.0 Å². The molecule has 2 N–H and O–H groups in total. The maximum Gasteiger partial charge on any atom is 0.230 e. The smallest absolute Gasteiger partial charge is 0.230 e. The molecule has 0 saturated heterocycles. The summed E-state index contributed by atoms with van der Waals surface area (Å²) in [5.41, 5.74) is 0.326. The maximum absolute atomic E-state index is 13.1. The minimum absolute atomic E-state index is 0.00691. The number of nitrogens with one attached hydrogen (secondary N) is 1. The molecule has 6 nitrogen and oxygen atoms in total. The number of rotatable bonds is 9. The van der Waals surface area contributed by atoms with Crippen molar-refractivity contribution in [3.8, 4) is 11.8 Å². The van der Waals surface area contributed by atoms with Gasteiger partial charge in [-0.15, -0.1) is 0 Å². The van der Waals surface area contributed by atoms with Gasteiger partial charge in [0.25, 0.3) is 0 Å². The van der Waals surface area contributed by atoms with Crippen molar-refractivity contribution in [2.24, 2.45) is 5.41 Å². The highest BCUT2D eigenvalue weighted by atomic mass is 16.5. The highest BCUT2D eigenvalue weighted by Crippen LogP contribution is 2.38. The summed E-state index contributed by atoms with van der Waals surface area (Å²) in [4.78, 5) is 17.3. The number of hydrogen-bond acceptors (Lipinski definition) is 5. The molecule has 1 heterocycles. The van der Waals surface area contributed by atoms with Crippen LogP contribution < -0.4 is 10.1 Å². The fourth-order valence-corrected chi connectivity index (χ4v) is 4.30. The third-order valence-electron chi connectivity index (χ3n) is 6.26. The molecule has 0 radical (unpaired) electrons. The molecule has 0 bridgehead atoms. The molecule has 1 aromatic heterocycles. The second kappa shape index (κ2) is 10.1. The molecule has 170 valence electrons. The van der Waals surface area contributed by atoms with E-state index in [4.69, 9.17) is 4.74 Å². The summed E-state index contributed by atoms with van der Waals surface area (Å²) in [6.07, 6.45) is 6.52. The van der Waals surface area contributed by atoms with Gasteiger partial charge in [0.1, 0.15) is 5.75 Å². The molecule has 32 heavy (non-hydrogen) atoms.